The van der Waals surface area contributed by atoms with E-state index in [0.29, 0.717) is 5.76 Å². The lowest BCUT2D eigenvalue weighted by Crippen LogP contribution is -2.44. The zero-order chi connectivity index (χ0) is 16.8. The Morgan fingerprint density at radius 2 is 2.09 bits per heavy atom. The molecule has 0 saturated carbocycles. The van der Waals surface area contributed by atoms with Gasteiger partial charge in [0.15, 0.2) is 0 Å². The number of benzene rings is 1. The number of furan rings is 1. The van der Waals surface area contributed by atoms with Gasteiger partial charge >= 0.3 is 0 Å². The molecule has 2 N–H and O–H groups in total. The minimum absolute atomic E-state index is 0.116. The average Bonchev–Trinajstić information content (AvgIpc) is 3.06. The number of nitro groups is 1. The van der Waals surface area contributed by atoms with Crippen molar-refractivity contribution in [1.82, 2.24) is 10.6 Å². The van der Waals surface area contributed by atoms with Crippen LogP contribution in [0.3, 0.4) is 0 Å². The molecule has 8 heteroatoms. The first kappa shape index (κ1) is 16.2. The molecule has 1 atom stereocenters. The first-order chi connectivity index (χ1) is 11.0. The fourth-order valence-corrected chi connectivity index (χ4v) is 1.85. The van der Waals surface area contributed by atoms with E-state index in [9.17, 15) is 19.7 Å². The van der Waals surface area contributed by atoms with Crippen LogP contribution < -0.4 is 10.6 Å². The van der Waals surface area contributed by atoms with Gasteiger partial charge in [-0.2, -0.15) is 0 Å². The van der Waals surface area contributed by atoms with Crippen molar-refractivity contribution < 1.29 is 18.9 Å². The molecule has 2 rings (SSSR count). The Kier molecular flexibility index (Phi) is 5.08. The van der Waals surface area contributed by atoms with Crippen LogP contribution in [-0.4, -0.2) is 22.8 Å². The molecule has 0 unspecified atom stereocenters. The number of rotatable bonds is 6. The molecule has 0 spiro atoms. The zero-order valence-corrected chi connectivity index (χ0v) is 12.3. The highest BCUT2D eigenvalue weighted by molar-refractivity contribution is 5.97. The molecule has 0 radical (unpaired) electrons. The maximum atomic E-state index is 12.0. The third-order valence-electron chi connectivity index (χ3n) is 3.08. The summed E-state index contributed by atoms with van der Waals surface area (Å²) in [4.78, 5) is 34.1. The lowest BCUT2D eigenvalue weighted by Gasteiger charge is -2.13. The van der Waals surface area contributed by atoms with Gasteiger partial charge in [0, 0.05) is 17.7 Å². The molecule has 0 saturated heterocycles. The number of nitro benzene ring substituents is 1. The molecule has 0 fully saturated rings. The van der Waals surface area contributed by atoms with Crippen LogP contribution in [0.25, 0.3) is 0 Å². The fourth-order valence-electron chi connectivity index (χ4n) is 1.85. The molecule has 2 aromatic rings. The van der Waals surface area contributed by atoms with Crippen molar-refractivity contribution in [1.29, 1.82) is 0 Å². The normalized spacial score (nSPS) is 11.5. The fraction of sp³-hybridized carbons (Fsp3) is 0.200. The van der Waals surface area contributed by atoms with Gasteiger partial charge in [0.2, 0.25) is 5.91 Å². The summed E-state index contributed by atoms with van der Waals surface area (Å²) in [5.74, 6) is -0.356. The molecule has 0 aliphatic rings. The number of nitrogens with one attached hydrogen (secondary N) is 2. The largest absolute Gasteiger partial charge is 0.467 e. The topological polar surface area (TPSA) is 114 Å². The lowest BCUT2D eigenvalue weighted by molar-refractivity contribution is -0.384. The number of non-ortho nitro benzene ring substituents is 1. The van der Waals surface area contributed by atoms with Crippen molar-refractivity contribution in [2.24, 2.45) is 0 Å². The van der Waals surface area contributed by atoms with E-state index in [2.05, 4.69) is 10.6 Å². The Morgan fingerprint density at radius 3 is 2.74 bits per heavy atom. The Balaban J connectivity index is 1.92. The molecule has 0 aliphatic carbocycles. The third kappa shape index (κ3) is 4.40. The molecule has 120 valence electrons. The standard InChI is InChI=1S/C15H15N3O5/c1-10(14(19)16-9-13-6-3-7-23-13)17-15(20)11-4-2-5-12(8-11)18(21)22/h2-8,10H,9H2,1H3,(H,16,19)(H,17,20)/t10-/m1/s1. The molecule has 23 heavy (non-hydrogen) atoms. The SMILES string of the molecule is C[C@@H](NC(=O)c1cccc([N+](=O)[O-])c1)C(=O)NCc1ccco1. The Labute approximate surface area is 131 Å². The summed E-state index contributed by atoms with van der Waals surface area (Å²) in [5.41, 5.74) is -0.0718. The van der Waals surface area contributed by atoms with E-state index in [0.717, 1.165) is 6.07 Å². The van der Waals surface area contributed by atoms with Crippen LogP contribution in [0.4, 0.5) is 5.69 Å². The van der Waals surface area contributed by atoms with Gasteiger partial charge in [-0.05, 0) is 25.1 Å². The van der Waals surface area contributed by atoms with Crippen molar-refractivity contribution in [3.8, 4) is 0 Å². The highest BCUT2D eigenvalue weighted by Crippen LogP contribution is 2.13. The van der Waals surface area contributed by atoms with Crippen LogP contribution in [0.5, 0.6) is 0 Å². The molecule has 1 aromatic heterocycles. The van der Waals surface area contributed by atoms with E-state index in [1.54, 1.807) is 12.1 Å². The highest BCUT2D eigenvalue weighted by Gasteiger charge is 2.18. The Morgan fingerprint density at radius 1 is 1.30 bits per heavy atom. The molecule has 8 nitrogen and oxygen atoms in total. The molecular formula is C15H15N3O5. The second-order valence-electron chi connectivity index (χ2n) is 4.80. The summed E-state index contributed by atoms with van der Waals surface area (Å²) >= 11 is 0. The van der Waals surface area contributed by atoms with Gasteiger partial charge in [0.1, 0.15) is 11.8 Å². The van der Waals surface area contributed by atoms with E-state index in [1.807, 2.05) is 0 Å². The summed E-state index contributed by atoms with van der Waals surface area (Å²) in [5, 5.41) is 15.8. The molecule has 1 aromatic carbocycles. The highest BCUT2D eigenvalue weighted by atomic mass is 16.6. The van der Waals surface area contributed by atoms with Crippen LogP contribution in [0.15, 0.2) is 47.1 Å². The van der Waals surface area contributed by atoms with Crippen molar-refractivity contribution in [3.63, 3.8) is 0 Å². The minimum Gasteiger partial charge on any atom is -0.467 e. The van der Waals surface area contributed by atoms with Crippen LogP contribution in [0.2, 0.25) is 0 Å². The predicted octanol–water partition coefficient (Wildman–Crippen LogP) is 1.62. The molecule has 1 heterocycles. The molecule has 2 amide bonds. The summed E-state index contributed by atoms with van der Waals surface area (Å²) in [7, 11) is 0. The van der Waals surface area contributed by atoms with Gasteiger partial charge in [-0.25, -0.2) is 0 Å². The monoisotopic (exact) mass is 317 g/mol. The molecule has 0 bridgehead atoms. The lowest BCUT2D eigenvalue weighted by atomic mass is 10.1. The molecule has 0 aliphatic heterocycles. The van der Waals surface area contributed by atoms with Crippen LogP contribution >= 0.6 is 0 Å². The van der Waals surface area contributed by atoms with Gasteiger partial charge < -0.3 is 15.1 Å². The summed E-state index contributed by atoms with van der Waals surface area (Å²) < 4.78 is 5.08. The van der Waals surface area contributed by atoms with Gasteiger partial charge in [0.25, 0.3) is 11.6 Å². The minimum atomic E-state index is -0.795. The number of carbonyl (C=O) groups excluding carboxylic acids is 2. The van der Waals surface area contributed by atoms with E-state index in [1.165, 1.54) is 31.4 Å². The zero-order valence-electron chi connectivity index (χ0n) is 12.3. The summed E-state index contributed by atoms with van der Waals surface area (Å²) in [6.07, 6.45) is 1.50. The van der Waals surface area contributed by atoms with Crippen molar-refractivity contribution in [2.45, 2.75) is 19.5 Å². The number of carbonyl (C=O) groups is 2. The van der Waals surface area contributed by atoms with Gasteiger partial charge in [-0.1, -0.05) is 6.07 Å². The average molecular weight is 317 g/mol. The number of amides is 2. The second-order valence-corrected chi connectivity index (χ2v) is 4.80. The van der Waals surface area contributed by atoms with Gasteiger partial charge in [-0.15, -0.1) is 0 Å². The van der Waals surface area contributed by atoms with Crippen LogP contribution in [0, 0.1) is 10.1 Å². The summed E-state index contributed by atoms with van der Waals surface area (Å²) in [6, 6.07) is 7.92. The Bertz CT molecular complexity index is 712. The second kappa shape index (κ2) is 7.21. The van der Waals surface area contributed by atoms with Crippen LogP contribution in [-0.2, 0) is 11.3 Å². The maximum Gasteiger partial charge on any atom is 0.270 e. The summed E-state index contributed by atoms with van der Waals surface area (Å²) in [6.45, 7) is 1.73. The van der Waals surface area contributed by atoms with Crippen molar-refractivity contribution >= 4 is 17.5 Å². The van der Waals surface area contributed by atoms with Gasteiger partial charge in [0.05, 0.1) is 17.7 Å². The third-order valence-corrected chi connectivity index (χ3v) is 3.08. The van der Waals surface area contributed by atoms with E-state index in [-0.39, 0.29) is 23.7 Å². The Hall–Kier alpha value is -3.16. The predicted molar refractivity (Wildman–Crippen MR) is 80.6 cm³/mol. The first-order valence-electron chi connectivity index (χ1n) is 6.83. The van der Waals surface area contributed by atoms with E-state index in [4.69, 9.17) is 4.42 Å². The van der Waals surface area contributed by atoms with E-state index >= 15 is 0 Å². The quantitative estimate of drug-likeness (QED) is 0.620. The molecular weight excluding hydrogens is 302 g/mol. The number of hydrogen-bond donors (Lipinski definition) is 2. The maximum absolute atomic E-state index is 12.0. The number of nitrogens with zero attached hydrogens (tertiary/aromatic N) is 1. The van der Waals surface area contributed by atoms with Crippen molar-refractivity contribution in [2.75, 3.05) is 0 Å². The smallest absolute Gasteiger partial charge is 0.270 e. The number of hydrogen-bond acceptors (Lipinski definition) is 5. The van der Waals surface area contributed by atoms with Crippen molar-refractivity contribution in [3.05, 3.63) is 64.1 Å². The van der Waals surface area contributed by atoms with Crippen LogP contribution in [0.1, 0.15) is 23.0 Å². The van der Waals surface area contributed by atoms with Gasteiger partial charge in [-0.3, -0.25) is 19.7 Å². The van der Waals surface area contributed by atoms with E-state index < -0.39 is 16.9 Å². The first-order valence-corrected chi connectivity index (χ1v) is 6.83.